The van der Waals surface area contributed by atoms with E-state index in [9.17, 15) is 0 Å². The predicted molar refractivity (Wildman–Crippen MR) is 212 cm³/mol. The molecule has 0 radical (unpaired) electrons. The lowest BCUT2D eigenvalue weighted by Gasteiger charge is -2.31. The molecular weight excluding hydrogens is 611 g/mol. The molecule has 0 amide bonds. The molecule has 0 fully saturated rings. The first kappa shape index (κ1) is 28.3. The van der Waals surface area contributed by atoms with Crippen molar-refractivity contribution < 1.29 is 0 Å². The van der Waals surface area contributed by atoms with Gasteiger partial charge in [-0.1, -0.05) is 135 Å². The fourth-order valence-corrected chi connectivity index (χ4v) is 9.40. The summed E-state index contributed by atoms with van der Waals surface area (Å²) in [5, 5.41) is 7.72. The molecule has 1 aromatic heterocycles. The maximum Gasteiger partial charge on any atom is 0.0543 e. The molecule has 1 aliphatic carbocycles. The molecule has 9 aromatic rings. The SMILES string of the molecule is CC1(C)c2ccccc2-c2c(N(c3ccc4c(ccc5sc6ccccc6c54)c3)c3ccccc3-c3ccc4ccccc4c3)cccc21. The highest BCUT2D eigenvalue weighted by Gasteiger charge is 2.38. The second-order valence-corrected chi connectivity index (χ2v) is 14.8. The van der Waals surface area contributed by atoms with Gasteiger partial charge < -0.3 is 4.90 Å². The highest BCUT2D eigenvalue weighted by atomic mass is 32.1. The average molecular weight is 644 g/mol. The Morgan fingerprint density at radius 2 is 1.18 bits per heavy atom. The van der Waals surface area contributed by atoms with E-state index in [4.69, 9.17) is 0 Å². The van der Waals surface area contributed by atoms with Crippen molar-refractivity contribution >= 4 is 70.1 Å². The van der Waals surface area contributed by atoms with Gasteiger partial charge in [-0.25, -0.2) is 0 Å². The van der Waals surface area contributed by atoms with Crippen LogP contribution >= 0.6 is 11.3 Å². The van der Waals surface area contributed by atoms with Crippen molar-refractivity contribution in [2.75, 3.05) is 4.90 Å². The summed E-state index contributed by atoms with van der Waals surface area (Å²) in [6.07, 6.45) is 0. The molecule has 0 saturated carbocycles. The number of para-hydroxylation sites is 1. The van der Waals surface area contributed by atoms with E-state index in [-0.39, 0.29) is 5.41 Å². The number of benzene rings is 8. The zero-order chi connectivity index (χ0) is 32.7. The number of thiophene rings is 1. The molecule has 0 saturated heterocycles. The van der Waals surface area contributed by atoms with E-state index < -0.39 is 0 Å². The van der Waals surface area contributed by atoms with Gasteiger partial charge in [-0.2, -0.15) is 0 Å². The first-order valence-corrected chi connectivity index (χ1v) is 17.8. The molecule has 0 bridgehead atoms. The molecule has 10 rings (SSSR count). The van der Waals surface area contributed by atoms with Gasteiger partial charge in [0.05, 0.1) is 11.4 Å². The smallest absolute Gasteiger partial charge is 0.0543 e. The van der Waals surface area contributed by atoms with Crippen LogP contribution in [0.5, 0.6) is 0 Å². The standard InChI is InChI=1S/C47H33NS/c1-47(2)39-17-8-5-15-37(39)46-40(47)18-11-20-42(46)48(41-19-9-6-14-35(41)32-23-22-30-12-3-4-13-31(30)28-32)34-25-26-36-33(29-34)24-27-44-45(36)38-16-7-10-21-43(38)49-44/h3-29H,1-2H3. The summed E-state index contributed by atoms with van der Waals surface area (Å²) in [6.45, 7) is 4.72. The van der Waals surface area contributed by atoms with Crippen molar-refractivity contribution in [1.82, 2.24) is 0 Å². The van der Waals surface area contributed by atoms with Crippen molar-refractivity contribution in [1.29, 1.82) is 0 Å². The Bertz CT molecular complexity index is 2770. The molecule has 0 aliphatic heterocycles. The molecule has 8 aromatic carbocycles. The van der Waals surface area contributed by atoms with Crippen LogP contribution in [0.2, 0.25) is 0 Å². The highest BCUT2D eigenvalue weighted by molar-refractivity contribution is 7.26. The Morgan fingerprint density at radius 3 is 2.10 bits per heavy atom. The molecule has 1 aliphatic rings. The average Bonchev–Trinajstić information content (AvgIpc) is 3.64. The summed E-state index contributed by atoms with van der Waals surface area (Å²) in [5.41, 5.74) is 11.2. The fourth-order valence-electron chi connectivity index (χ4n) is 8.28. The lowest BCUT2D eigenvalue weighted by Crippen LogP contribution is -2.16. The Kier molecular flexibility index (Phi) is 6.16. The van der Waals surface area contributed by atoms with E-state index in [1.807, 2.05) is 11.3 Å². The van der Waals surface area contributed by atoms with Crippen LogP contribution in [0.3, 0.4) is 0 Å². The topological polar surface area (TPSA) is 3.24 Å². The summed E-state index contributed by atoms with van der Waals surface area (Å²) in [7, 11) is 0. The molecule has 0 unspecified atom stereocenters. The van der Waals surface area contributed by atoms with Crippen molar-refractivity contribution in [3.63, 3.8) is 0 Å². The van der Waals surface area contributed by atoms with Crippen LogP contribution in [0.4, 0.5) is 17.1 Å². The molecule has 1 nitrogen and oxygen atoms in total. The lowest BCUT2D eigenvalue weighted by atomic mass is 9.82. The maximum absolute atomic E-state index is 2.51. The van der Waals surface area contributed by atoms with E-state index in [1.165, 1.54) is 80.8 Å². The van der Waals surface area contributed by atoms with Gasteiger partial charge in [0, 0.05) is 42.4 Å². The van der Waals surface area contributed by atoms with Crippen molar-refractivity contribution in [2.45, 2.75) is 19.3 Å². The quantitative estimate of drug-likeness (QED) is 0.184. The Hall–Kier alpha value is -5.70. The van der Waals surface area contributed by atoms with Crippen LogP contribution in [0.25, 0.3) is 64.0 Å². The van der Waals surface area contributed by atoms with Gasteiger partial charge in [0.15, 0.2) is 0 Å². The first-order chi connectivity index (χ1) is 24.1. The Balaban J connectivity index is 1.26. The summed E-state index contributed by atoms with van der Waals surface area (Å²) in [4.78, 5) is 2.51. The van der Waals surface area contributed by atoms with E-state index in [0.29, 0.717) is 0 Å². The third kappa shape index (κ3) is 4.24. The third-order valence-corrected chi connectivity index (χ3v) is 11.8. The normalized spacial score (nSPS) is 13.3. The molecule has 232 valence electrons. The predicted octanol–water partition coefficient (Wildman–Crippen LogP) is 13.8. The monoisotopic (exact) mass is 643 g/mol. The van der Waals surface area contributed by atoms with Crippen LogP contribution in [0.15, 0.2) is 164 Å². The summed E-state index contributed by atoms with van der Waals surface area (Å²) < 4.78 is 2.67. The molecule has 0 atom stereocenters. The number of hydrogen-bond donors (Lipinski definition) is 0. The minimum atomic E-state index is -0.0968. The molecule has 2 heteroatoms. The van der Waals surface area contributed by atoms with E-state index >= 15 is 0 Å². The highest BCUT2D eigenvalue weighted by Crippen LogP contribution is 2.55. The van der Waals surface area contributed by atoms with Crippen LogP contribution in [0, 0.1) is 0 Å². The zero-order valence-corrected chi connectivity index (χ0v) is 28.3. The van der Waals surface area contributed by atoms with Gasteiger partial charge in [-0.05, 0) is 86.3 Å². The second-order valence-electron chi connectivity index (χ2n) is 13.7. The maximum atomic E-state index is 2.51. The van der Waals surface area contributed by atoms with Gasteiger partial charge in [-0.15, -0.1) is 11.3 Å². The lowest BCUT2D eigenvalue weighted by molar-refractivity contribution is 0.660. The summed E-state index contributed by atoms with van der Waals surface area (Å²) >= 11 is 1.88. The Morgan fingerprint density at radius 1 is 0.469 bits per heavy atom. The minimum absolute atomic E-state index is 0.0968. The Labute approximate surface area is 290 Å². The molecule has 49 heavy (non-hydrogen) atoms. The van der Waals surface area contributed by atoms with Crippen LogP contribution in [0.1, 0.15) is 25.0 Å². The number of fused-ring (bicyclic) bond motifs is 9. The number of anilines is 3. The van der Waals surface area contributed by atoms with Gasteiger partial charge >= 0.3 is 0 Å². The van der Waals surface area contributed by atoms with Crippen molar-refractivity contribution in [3.05, 3.63) is 175 Å². The van der Waals surface area contributed by atoms with E-state index in [1.54, 1.807) is 0 Å². The van der Waals surface area contributed by atoms with Crippen LogP contribution < -0.4 is 4.90 Å². The number of nitrogens with zero attached hydrogens (tertiary/aromatic N) is 1. The fraction of sp³-hybridized carbons (Fsp3) is 0.0638. The van der Waals surface area contributed by atoms with Gasteiger partial charge in [0.2, 0.25) is 0 Å². The molecule has 1 heterocycles. The molecule has 0 spiro atoms. The second kappa shape index (κ2) is 10.7. The van der Waals surface area contributed by atoms with Gasteiger partial charge in [0.25, 0.3) is 0 Å². The van der Waals surface area contributed by atoms with E-state index in [0.717, 1.165) is 11.4 Å². The summed E-state index contributed by atoms with van der Waals surface area (Å²) in [6, 6.07) is 60.7. The number of hydrogen-bond acceptors (Lipinski definition) is 2. The van der Waals surface area contributed by atoms with Gasteiger partial charge in [-0.3, -0.25) is 0 Å². The van der Waals surface area contributed by atoms with Crippen LogP contribution in [-0.4, -0.2) is 0 Å². The largest absolute Gasteiger partial charge is 0.309 e. The third-order valence-electron chi connectivity index (χ3n) is 10.6. The zero-order valence-electron chi connectivity index (χ0n) is 27.4. The minimum Gasteiger partial charge on any atom is -0.309 e. The van der Waals surface area contributed by atoms with Crippen LogP contribution in [-0.2, 0) is 5.41 Å². The van der Waals surface area contributed by atoms with Crippen molar-refractivity contribution in [3.8, 4) is 22.3 Å². The summed E-state index contributed by atoms with van der Waals surface area (Å²) in [5.74, 6) is 0. The molecule has 0 N–H and O–H groups in total. The van der Waals surface area contributed by atoms with Gasteiger partial charge in [0.1, 0.15) is 0 Å². The van der Waals surface area contributed by atoms with E-state index in [2.05, 4.69) is 183 Å². The number of rotatable bonds is 4. The first-order valence-electron chi connectivity index (χ1n) is 17.0. The van der Waals surface area contributed by atoms with Crippen molar-refractivity contribution in [2.24, 2.45) is 0 Å². The molecular formula is C47H33NS.